The smallest absolute Gasteiger partial charge is 0.145 e. The van der Waals surface area contributed by atoms with Crippen LogP contribution in [0.15, 0.2) is 433 Å². The summed E-state index contributed by atoms with van der Waals surface area (Å²) >= 11 is 0. The van der Waals surface area contributed by atoms with E-state index in [9.17, 15) is 0 Å². The molecule has 13 aromatic carbocycles. The Bertz CT molecular complexity index is 7630. The Morgan fingerprint density at radius 3 is 0.667 bits per heavy atom. The molecule has 681 valence electrons. The Morgan fingerprint density at radius 1 is 0.206 bits per heavy atom. The summed E-state index contributed by atoms with van der Waals surface area (Å²) < 4.78 is 12.4. The molecule has 0 bridgehead atoms. The van der Waals surface area contributed by atoms with Crippen molar-refractivity contribution in [2.45, 2.75) is 62.3 Å². The number of rotatable bonds is 18. The van der Waals surface area contributed by atoms with Crippen LogP contribution in [0.1, 0.15) is 50.1 Å². The van der Waals surface area contributed by atoms with Gasteiger partial charge in [0.05, 0.1) is 34.4 Å². The molecule has 0 aliphatic carbocycles. The summed E-state index contributed by atoms with van der Waals surface area (Å²) in [5, 5.41) is 0. The number of fused-ring (bicyclic) bond motifs is 3. The quantitative estimate of drug-likeness (QED) is 0.0601. The molecule has 13 nitrogen and oxygen atoms in total. The SMILES string of the molecule is Cc1cc(C)c(-c2cccnc2)c(C)c1B(c1c(C)cc(C)c(-c2cccnc2)c1C)c1c(C)cc(C)c(-c2cccnc2)c1C.[3H]P.[BiH2].c1ccc(-n2c(-c3cc(-c4nc5ccccc5n4-c4ccccc4)cc(-c4nc5ccccc5n4-c4ccccc4)c3)nc3ccccc32)cc1.c1cncc(-c2cc(-c3cccnc3)cc(-c3cccc(-c4cc(-c5cccnc5)cc(-c5cccnc5)c4)c3)c2)c1. The van der Waals surface area contributed by atoms with Crippen molar-refractivity contribution in [3.63, 3.8) is 0 Å². The molecule has 10 heterocycles. The second kappa shape index (κ2) is 41.6. The average molecular weight is 2040 g/mol. The van der Waals surface area contributed by atoms with E-state index < -0.39 is 0 Å². The van der Waals surface area contributed by atoms with Crippen molar-refractivity contribution in [1.29, 1.82) is 1.28 Å². The van der Waals surface area contributed by atoms with Crippen LogP contribution >= 0.6 is 9.84 Å². The zero-order valence-electron chi connectivity index (χ0n) is 81.0. The Kier molecular flexibility index (Phi) is 27.2. The van der Waals surface area contributed by atoms with Crippen LogP contribution in [0.5, 0.6) is 0 Å². The number of aryl methyl sites for hydroxylation is 6. The summed E-state index contributed by atoms with van der Waals surface area (Å²) in [7, 11) is 1.67. The van der Waals surface area contributed by atoms with Crippen molar-refractivity contribution in [2.75, 3.05) is 0 Å². The van der Waals surface area contributed by atoms with Crippen LogP contribution in [-0.2, 0) is 0 Å². The largest absolute Gasteiger partial charge is 0.292 e. The predicted molar refractivity (Wildman–Crippen MR) is 593 cm³/mol. The molecule has 23 rings (SSSR count). The monoisotopic (exact) mass is 2040 g/mol. The summed E-state index contributed by atoms with van der Waals surface area (Å²) in [5.74, 6) is 2.53. The maximum atomic E-state index is 5.67. The molecule has 0 fully saturated rings. The molecule has 0 saturated carbocycles. The zero-order valence-corrected chi connectivity index (χ0v) is 85.7. The first-order valence-electron chi connectivity index (χ1n) is 47.6. The Balaban J connectivity index is 0.000000134. The van der Waals surface area contributed by atoms with Gasteiger partial charge in [-0.05, 0) is 333 Å². The molecule has 0 N–H and O–H groups in total. The normalized spacial score (nSPS) is 11.1. The maximum Gasteiger partial charge on any atom is 0.145 e. The third kappa shape index (κ3) is 19.0. The van der Waals surface area contributed by atoms with Gasteiger partial charge in [0, 0.05) is 159 Å². The van der Waals surface area contributed by atoms with E-state index in [-0.39, 0.29) is 32.9 Å². The van der Waals surface area contributed by atoms with Gasteiger partial charge in [-0.2, -0.15) is 9.84 Å². The third-order valence-electron chi connectivity index (χ3n) is 26.6. The van der Waals surface area contributed by atoms with E-state index in [0.717, 1.165) is 168 Å². The summed E-state index contributed by atoms with van der Waals surface area (Å²) in [6.07, 6.45) is 26.4. The summed E-state index contributed by atoms with van der Waals surface area (Å²) in [6.45, 7) is 20.5. The molecule has 1 atom stereocenters. The molecular weight excluding hydrogens is 1930 g/mol. The van der Waals surface area contributed by atoms with Gasteiger partial charge in [0.1, 0.15) is 17.5 Å². The average Bonchev–Trinajstić information content (AvgIpc) is 0.935. The third-order valence-corrected chi connectivity index (χ3v) is 26.6. The molecule has 141 heavy (non-hydrogen) atoms. The Morgan fingerprint density at radius 2 is 0.418 bits per heavy atom. The van der Waals surface area contributed by atoms with Crippen molar-refractivity contribution in [3.8, 4) is 151 Å². The van der Waals surface area contributed by atoms with E-state index in [1.807, 2.05) is 141 Å². The van der Waals surface area contributed by atoms with E-state index >= 15 is 0 Å². The minimum absolute atomic E-state index is 0. The summed E-state index contributed by atoms with van der Waals surface area (Å²) in [6, 6.07) is 121. The number of imidazole rings is 3. The first kappa shape index (κ1) is 92.4. The van der Waals surface area contributed by atoms with Crippen LogP contribution in [-0.4, -0.2) is 97.7 Å². The molecule has 0 saturated heterocycles. The first-order chi connectivity index (χ1) is 69.2. The van der Waals surface area contributed by atoms with Crippen LogP contribution in [0.3, 0.4) is 0 Å². The number of para-hydroxylation sites is 9. The van der Waals surface area contributed by atoms with Crippen LogP contribution in [0.2, 0.25) is 0 Å². The first-order valence-corrected chi connectivity index (χ1v) is 47.0. The predicted octanol–water partition coefficient (Wildman–Crippen LogP) is 27.3. The van der Waals surface area contributed by atoms with E-state index in [4.69, 9.17) is 16.2 Å². The molecule has 0 aliphatic rings. The van der Waals surface area contributed by atoms with Gasteiger partial charge in [-0.3, -0.25) is 48.6 Å². The van der Waals surface area contributed by atoms with Crippen molar-refractivity contribution in [3.05, 3.63) is 483 Å². The molecule has 23 aromatic rings. The van der Waals surface area contributed by atoms with E-state index in [0.29, 0.717) is 0 Å². The van der Waals surface area contributed by atoms with E-state index in [1.165, 1.54) is 83.1 Å². The van der Waals surface area contributed by atoms with Gasteiger partial charge < -0.3 is 0 Å². The van der Waals surface area contributed by atoms with Crippen molar-refractivity contribution < 1.29 is 0 Å². The number of hydrogen-bond acceptors (Lipinski definition) is 10. The van der Waals surface area contributed by atoms with Crippen molar-refractivity contribution >= 4 is 92.2 Å². The Labute approximate surface area is 846 Å². The Hall–Kier alpha value is -16.3. The summed E-state index contributed by atoms with van der Waals surface area (Å²) in [5.41, 5.74) is 48.2. The molecule has 10 aromatic heterocycles. The number of hydrogen-bond donors (Lipinski definition) is 0. The molecule has 1 unspecified atom stereocenters. The number of aromatic nitrogens is 13. The molecule has 1 radical (unpaired) electrons. The molecule has 0 aliphatic heterocycles. The van der Waals surface area contributed by atoms with E-state index in [1.54, 1.807) is 34.6 Å². The molecule has 16 heteroatoms. The van der Waals surface area contributed by atoms with Crippen LogP contribution in [0, 0.1) is 62.3 Å². The fraction of sp³-hybridized carbons (Fsp3) is 0.0720. The molecule has 0 spiro atoms. The fourth-order valence-electron chi connectivity index (χ4n) is 20.7. The van der Waals surface area contributed by atoms with Crippen LogP contribution in [0.4, 0.5) is 0 Å². The zero-order chi connectivity index (χ0) is 96.6. The summed E-state index contributed by atoms with van der Waals surface area (Å²) in [4.78, 5) is 46.8. The number of pyridine rings is 7. The van der Waals surface area contributed by atoms with Gasteiger partial charge in [-0.1, -0.05) is 203 Å². The topological polar surface area (TPSA) is 144 Å². The fourth-order valence-corrected chi connectivity index (χ4v) is 20.7. The van der Waals surface area contributed by atoms with Gasteiger partial charge in [-0.15, -0.1) is 0 Å². The van der Waals surface area contributed by atoms with Gasteiger partial charge in [0.15, 0.2) is 0 Å². The van der Waals surface area contributed by atoms with Gasteiger partial charge >= 0.3 is 26.2 Å². The minimum atomic E-state index is 0. The van der Waals surface area contributed by atoms with Gasteiger partial charge in [-0.25, -0.2) is 15.0 Å². The molecule has 0 amide bonds. The van der Waals surface area contributed by atoms with Gasteiger partial charge in [0.2, 0.25) is 6.71 Å². The van der Waals surface area contributed by atoms with Gasteiger partial charge in [0.25, 0.3) is 0 Å². The maximum absolute atomic E-state index is 5.67. The van der Waals surface area contributed by atoms with Crippen molar-refractivity contribution in [1.82, 2.24) is 63.5 Å². The number of nitrogens with zero attached hydrogens (tertiary/aromatic N) is 13. The number of benzene rings is 13. The van der Waals surface area contributed by atoms with Crippen LogP contribution < -0.4 is 16.4 Å². The van der Waals surface area contributed by atoms with Crippen LogP contribution in [0.25, 0.3) is 184 Å². The molecular formula is C125H103BBiN13P. The van der Waals surface area contributed by atoms with E-state index in [2.05, 4.69) is 378 Å². The second-order valence-electron chi connectivity index (χ2n) is 35.7. The van der Waals surface area contributed by atoms with Crippen molar-refractivity contribution in [2.24, 2.45) is 0 Å². The standard InChI is InChI=1S/C45H30N6.C42H42BN3.C38H26N4.Bi.H3P.2H/c1-4-16-34(17-5-1)49-40-25-13-10-22-37(40)46-43(49)31-28-32(44-47-38-23-11-14-26-41(38)50(44)35-18-6-2-7-19-35)30-33(29-31)45-48-39-24-12-15-27-42(39)51(45)36-20-8-3-9-21-36;1-25-19-28(4)40(31(7)37(25)34-13-10-16-44-22-34)43(41-29(5)20-26(2)38(32(41)8)35-14-11-17-45-23-35)42-30(6)21-27(3)39(33(42)9)36-15-12-18-46-24-36;1-6-27(33-17-35(29-8-2-12-39-23-29)21-36(18-33)30-9-3-13-40-24-30)16-28(7-1)34-19-37(31-10-4-14-41-25-31)22-38(20-34)32-11-5-15-42-26-32;;;;/h1-30H;10-24H,1-9H3;1-26H;;1H3;;/i;;;;1T;;. The second-order valence-corrected chi connectivity index (χ2v) is 35.7. The minimum Gasteiger partial charge on any atom is -0.292 e.